The molecule has 1 fully saturated rings. The molecule has 0 aromatic heterocycles. The Morgan fingerprint density at radius 2 is 2.29 bits per heavy atom. The molecule has 1 aliphatic heterocycles. The molecule has 4 heteroatoms. The third-order valence-electron chi connectivity index (χ3n) is 2.43. The summed E-state index contributed by atoms with van der Waals surface area (Å²) in [5, 5.41) is 0. The van der Waals surface area contributed by atoms with Crippen molar-refractivity contribution < 1.29 is 4.79 Å². The molecule has 1 saturated heterocycles. The minimum absolute atomic E-state index is 0.0182. The van der Waals surface area contributed by atoms with Gasteiger partial charge in [0.2, 0.25) is 5.91 Å². The van der Waals surface area contributed by atoms with E-state index in [0.717, 1.165) is 5.69 Å². The van der Waals surface area contributed by atoms with Crippen LogP contribution in [0.2, 0.25) is 0 Å². The highest BCUT2D eigenvalue weighted by atomic mass is 127. The Kier molecular flexibility index (Phi) is 2.48. The average molecular weight is 302 g/mol. The lowest BCUT2D eigenvalue weighted by Crippen LogP contribution is -2.61. The molecule has 0 spiro atoms. The Labute approximate surface area is 96.4 Å². The molecule has 0 saturated carbocycles. The van der Waals surface area contributed by atoms with Crippen LogP contribution in [0.5, 0.6) is 0 Å². The van der Waals surface area contributed by atoms with Crippen LogP contribution in [0.25, 0.3) is 0 Å². The number of amides is 1. The van der Waals surface area contributed by atoms with Gasteiger partial charge in [-0.2, -0.15) is 0 Å². The maximum Gasteiger partial charge on any atom is 0.245 e. The van der Waals surface area contributed by atoms with Gasteiger partial charge >= 0.3 is 0 Å². The Morgan fingerprint density at radius 1 is 1.57 bits per heavy atom. The lowest BCUT2D eigenvalue weighted by atomic mass is 10.1. The van der Waals surface area contributed by atoms with Crippen LogP contribution >= 0.6 is 22.6 Å². The second-order valence-electron chi connectivity index (χ2n) is 3.49. The summed E-state index contributed by atoms with van der Waals surface area (Å²) in [6, 6.07) is 5.70. The minimum Gasteiger partial charge on any atom is -0.318 e. The molecule has 1 aromatic carbocycles. The van der Waals surface area contributed by atoms with Gasteiger partial charge in [-0.25, -0.2) is 0 Å². The van der Waals surface area contributed by atoms with E-state index in [1.54, 1.807) is 4.90 Å². The molecule has 1 aliphatic rings. The molecular weight excluding hydrogens is 291 g/mol. The number of hydrogen-bond donors (Lipinski definition) is 1. The highest BCUT2D eigenvalue weighted by Gasteiger charge is 2.34. The van der Waals surface area contributed by atoms with Gasteiger partial charge in [-0.05, 0) is 47.2 Å². The van der Waals surface area contributed by atoms with Gasteiger partial charge in [-0.3, -0.25) is 4.79 Å². The number of hydrogen-bond acceptors (Lipinski definition) is 2. The molecule has 3 nitrogen and oxygen atoms in total. The fourth-order valence-electron chi connectivity index (χ4n) is 1.43. The summed E-state index contributed by atoms with van der Waals surface area (Å²) in [5.41, 5.74) is 7.70. The largest absolute Gasteiger partial charge is 0.318 e. The van der Waals surface area contributed by atoms with E-state index in [1.807, 2.05) is 18.2 Å². The van der Waals surface area contributed by atoms with Crippen LogP contribution in [0.1, 0.15) is 5.56 Å². The second kappa shape index (κ2) is 3.51. The fraction of sp³-hybridized carbons (Fsp3) is 0.300. The number of nitrogens with two attached hydrogens (primary N) is 1. The third kappa shape index (κ3) is 1.52. The van der Waals surface area contributed by atoms with E-state index in [1.165, 1.54) is 9.13 Å². The summed E-state index contributed by atoms with van der Waals surface area (Å²) in [4.78, 5) is 13.1. The van der Waals surface area contributed by atoms with Gasteiger partial charge in [-0.15, -0.1) is 0 Å². The molecule has 0 aliphatic carbocycles. The number of aryl methyl sites for hydroxylation is 1. The van der Waals surface area contributed by atoms with E-state index in [-0.39, 0.29) is 11.9 Å². The van der Waals surface area contributed by atoms with Crippen molar-refractivity contribution in [3.8, 4) is 0 Å². The molecule has 74 valence electrons. The molecule has 1 atom stereocenters. The van der Waals surface area contributed by atoms with Crippen molar-refractivity contribution in [2.24, 2.45) is 5.73 Å². The van der Waals surface area contributed by atoms with Crippen LogP contribution in [0.3, 0.4) is 0 Å². The predicted molar refractivity (Wildman–Crippen MR) is 64.2 cm³/mol. The highest BCUT2D eigenvalue weighted by molar-refractivity contribution is 14.1. The van der Waals surface area contributed by atoms with Gasteiger partial charge in [0, 0.05) is 9.26 Å². The van der Waals surface area contributed by atoms with E-state index >= 15 is 0 Å². The Bertz CT molecular complexity index is 392. The third-order valence-corrected chi connectivity index (χ3v) is 3.59. The van der Waals surface area contributed by atoms with Gasteiger partial charge in [0.15, 0.2) is 0 Å². The Balaban J connectivity index is 2.26. The number of β-lactam (4-membered cyclic amide) rings is 1. The Morgan fingerprint density at radius 3 is 2.79 bits per heavy atom. The van der Waals surface area contributed by atoms with Crippen molar-refractivity contribution in [3.05, 3.63) is 27.3 Å². The lowest BCUT2D eigenvalue weighted by molar-refractivity contribution is -0.123. The first-order valence-corrected chi connectivity index (χ1v) is 5.50. The van der Waals surface area contributed by atoms with Gasteiger partial charge in [0.05, 0.1) is 6.54 Å². The molecule has 0 bridgehead atoms. The van der Waals surface area contributed by atoms with Crippen LogP contribution in [-0.4, -0.2) is 18.5 Å². The van der Waals surface area contributed by atoms with Crippen molar-refractivity contribution in [1.82, 2.24) is 0 Å². The fourth-order valence-corrected chi connectivity index (χ4v) is 1.93. The summed E-state index contributed by atoms with van der Waals surface area (Å²) in [6.45, 7) is 2.69. The van der Waals surface area contributed by atoms with E-state index in [2.05, 4.69) is 29.5 Å². The monoisotopic (exact) mass is 302 g/mol. The zero-order valence-electron chi connectivity index (χ0n) is 7.83. The van der Waals surface area contributed by atoms with Crippen LogP contribution in [0.15, 0.2) is 18.2 Å². The standard InChI is InChI=1S/C10H11IN2O/c1-6-2-3-7(4-8(6)11)13-5-9(12)10(13)14/h2-4,9H,5,12H2,1H3. The van der Waals surface area contributed by atoms with Gasteiger partial charge in [0.1, 0.15) is 6.04 Å². The lowest BCUT2D eigenvalue weighted by Gasteiger charge is -2.36. The number of anilines is 1. The average Bonchev–Trinajstić information content (AvgIpc) is 2.18. The van der Waals surface area contributed by atoms with Crippen molar-refractivity contribution >= 4 is 34.2 Å². The first-order valence-electron chi connectivity index (χ1n) is 4.42. The molecule has 1 amide bonds. The van der Waals surface area contributed by atoms with Gasteiger partial charge in [-0.1, -0.05) is 6.07 Å². The van der Waals surface area contributed by atoms with Crippen molar-refractivity contribution in [2.45, 2.75) is 13.0 Å². The maximum absolute atomic E-state index is 11.4. The number of halogens is 1. The molecule has 1 unspecified atom stereocenters. The topological polar surface area (TPSA) is 46.3 Å². The summed E-state index contributed by atoms with van der Waals surface area (Å²) < 4.78 is 1.17. The molecule has 2 rings (SSSR count). The summed E-state index contributed by atoms with van der Waals surface area (Å²) in [5.74, 6) is 0.0182. The van der Waals surface area contributed by atoms with E-state index in [0.29, 0.717) is 6.54 Å². The quantitative estimate of drug-likeness (QED) is 0.627. The maximum atomic E-state index is 11.4. The van der Waals surface area contributed by atoms with Crippen LogP contribution in [0.4, 0.5) is 5.69 Å². The van der Waals surface area contributed by atoms with Crippen molar-refractivity contribution in [1.29, 1.82) is 0 Å². The summed E-state index contributed by atoms with van der Waals surface area (Å²) in [6.07, 6.45) is 0. The number of carbonyl (C=O) groups is 1. The molecular formula is C10H11IN2O. The zero-order chi connectivity index (χ0) is 10.3. The first kappa shape index (κ1) is 9.92. The van der Waals surface area contributed by atoms with E-state index in [4.69, 9.17) is 5.73 Å². The Hall–Kier alpha value is -0.620. The van der Waals surface area contributed by atoms with Crippen LogP contribution < -0.4 is 10.6 Å². The second-order valence-corrected chi connectivity index (χ2v) is 4.65. The molecule has 0 radical (unpaired) electrons. The van der Waals surface area contributed by atoms with Crippen LogP contribution in [-0.2, 0) is 4.79 Å². The van der Waals surface area contributed by atoms with Crippen molar-refractivity contribution in [2.75, 3.05) is 11.4 Å². The van der Waals surface area contributed by atoms with Crippen molar-refractivity contribution in [3.63, 3.8) is 0 Å². The normalized spacial score (nSPS) is 20.9. The molecule has 1 aromatic rings. The number of carbonyl (C=O) groups excluding carboxylic acids is 1. The SMILES string of the molecule is Cc1ccc(N2CC(N)C2=O)cc1I. The molecule has 1 heterocycles. The van der Waals surface area contributed by atoms with E-state index in [9.17, 15) is 4.79 Å². The highest BCUT2D eigenvalue weighted by Crippen LogP contribution is 2.24. The number of rotatable bonds is 1. The number of benzene rings is 1. The summed E-state index contributed by atoms with van der Waals surface area (Å²) >= 11 is 2.27. The molecule has 2 N–H and O–H groups in total. The van der Waals surface area contributed by atoms with Crippen LogP contribution in [0, 0.1) is 10.5 Å². The molecule has 14 heavy (non-hydrogen) atoms. The first-order chi connectivity index (χ1) is 6.59. The van der Waals surface area contributed by atoms with Gasteiger partial charge < -0.3 is 10.6 Å². The number of nitrogens with zero attached hydrogens (tertiary/aromatic N) is 1. The van der Waals surface area contributed by atoms with E-state index < -0.39 is 0 Å². The zero-order valence-corrected chi connectivity index (χ0v) is 9.98. The smallest absolute Gasteiger partial charge is 0.245 e. The summed E-state index contributed by atoms with van der Waals surface area (Å²) in [7, 11) is 0. The minimum atomic E-state index is -0.297. The van der Waals surface area contributed by atoms with Gasteiger partial charge in [0.25, 0.3) is 0 Å². The predicted octanol–water partition coefficient (Wildman–Crippen LogP) is 1.27.